The van der Waals surface area contributed by atoms with E-state index in [9.17, 15) is 0 Å². The number of rotatable bonds is 17. The number of unbranched alkanes of at least 4 members (excludes halogenated alkanes) is 15. The number of likely N-dealkylation sites (tertiary alicyclic amines) is 1. The molecule has 0 bridgehead atoms. The van der Waals surface area contributed by atoms with Gasteiger partial charge in [0.05, 0.1) is 0 Å². The van der Waals surface area contributed by atoms with Crippen LogP contribution in [-0.2, 0) is 0 Å². The van der Waals surface area contributed by atoms with Crippen molar-refractivity contribution in [1.82, 2.24) is 4.90 Å². The molecular formula is C23H47N. The fraction of sp³-hybridized carbons (Fsp3) is 1.00. The molecule has 0 N–H and O–H groups in total. The van der Waals surface area contributed by atoms with Crippen molar-refractivity contribution >= 4 is 0 Å². The molecule has 0 radical (unpaired) electrons. The smallest absolute Gasteiger partial charge is 0.000708 e. The van der Waals surface area contributed by atoms with E-state index < -0.39 is 0 Å². The van der Waals surface area contributed by atoms with Gasteiger partial charge in [0.2, 0.25) is 0 Å². The van der Waals surface area contributed by atoms with E-state index in [4.69, 9.17) is 0 Å². The highest BCUT2D eigenvalue weighted by Crippen LogP contribution is 2.21. The molecule has 1 saturated heterocycles. The molecule has 0 aliphatic carbocycles. The van der Waals surface area contributed by atoms with Crippen LogP contribution >= 0.6 is 0 Å². The van der Waals surface area contributed by atoms with Gasteiger partial charge in [0.15, 0.2) is 0 Å². The Morgan fingerprint density at radius 3 is 1.42 bits per heavy atom. The highest BCUT2D eigenvalue weighted by Gasteiger charge is 2.18. The molecule has 1 aliphatic heterocycles. The molecule has 0 spiro atoms. The molecule has 1 aliphatic rings. The first kappa shape index (κ1) is 22.0. The Morgan fingerprint density at radius 1 is 0.625 bits per heavy atom. The van der Waals surface area contributed by atoms with E-state index in [0.29, 0.717) is 0 Å². The highest BCUT2D eigenvalue weighted by atomic mass is 15.1. The van der Waals surface area contributed by atoms with Gasteiger partial charge in [0.1, 0.15) is 0 Å². The molecule has 0 aromatic heterocycles. The van der Waals surface area contributed by atoms with Crippen molar-refractivity contribution < 1.29 is 0 Å². The first-order valence-corrected chi connectivity index (χ1v) is 11.5. The van der Waals surface area contributed by atoms with E-state index in [1.54, 1.807) is 0 Å². The fourth-order valence-corrected chi connectivity index (χ4v) is 4.24. The Morgan fingerprint density at radius 2 is 1.04 bits per heavy atom. The predicted molar refractivity (Wildman–Crippen MR) is 110 cm³/mol. The van der Waals surface area contributed by atoms with E-state index >= 15 is 0 Å². The molecular weight excluding hydrogens is 290 g/mol. The maximum absolute atomic E-state index is 2.50. The van der Waals surface area contributed by atoms with Gasteiger partial charge in [0, 0.05) is 6.54 Å². The van der Waals surface area contributed by atoms with Crippen molar-refractivity contribution in [3.8, 4) is 0 Å². The Balaban J connectivity index is 1.66. The average molecular weight is 338 g/mol. The second-order valence-corrected chi connectivity index (χ2v) is 8.51. The zero-order chi connectivity index (χ0) is 17.3. The predicted octanol–water partition coefficient (Wildman–Crippen LogP) is 7.59. The van der Waals surface area contributed by atoms with Gasteiger partial charge in [-0.3, -0.25) is 0 Å². The molecule has 1 fully saturated rings. The van der Waals surface area contributed by atoms with Gasteiger partial charge < -0.3 is 4.90 Å². The second kappa shape index (κ2) is 16.4. The minimum atomic E-state index is 1.02. The molecule has 1 heterocycles. The zero-order valence-electron chi connectivity index (χ0n) is 17.2. The summed E-state index contributed by atoms with van der Waals surface area (Å²) in [5, 5.41) is 0. The molecule has 24 heavy (non-hydrogen) atoms. The summed E-state index contributed by atoms with van der Waals surface area (Å²) in [6, 6.07) is 0. The van der Waals surface area contributed by atoms with Gasteiger partial charge in [-0.05, 0) is 32.4 Å². The normalized spacial score (nSPS) is 18.5. The highest BCUT2D eigenvalue weighted by molar-refractivity contribution is 4.72. The van der Waals surface area contributed by atoms with Crippen molar-refractivity contribution in [3.05, 3.63) is 0 Å². The van der Waals surface area contributed by atoms with Gasteiger partial charge in [-0.2, -0.15) is 0 Å². The van der Waals surface area contributed by atoms with Crippen LogP contribution in [0.2, 0.25) is 0 Å². The van der Waals surface area contributed by atoms with E-state index in [-0.39, 0.29) is 0 Å². The Bertz CT molecular complexity index is 250. The molecule has 1 atom stereocenters. The van der Waals surface area contributed by atoms with Crippen LogP contribution in [0.5, 0.6) is 0 Å². The Labute approximate surface area is 154 Å². The third kappa shape index (κ3) is 13.3. The zero-order valence-corrected chi connectivity index (χ0v) is 17.2. The lowest BCUT2D eigenvalue weighted by molar-refractivity contribution is 0.381. The molecule has 0 saturated carbocycles. The van der Waals surface area contributed by atoms with E-state index in [1.807, 2.05) is 0 Å². The summed E-state index contributed by atoms with van der Waals surface area (Å²) in [6.45, 7) is 5.00. The lowest BCUT2D eigenvalue weighted by Gasteiger charge is -2.09. The van der Waals surface area contributed by atoms with Crippen LogP contribution in [0.15, 0.2) is 0 Å². The summed E-state index contributed by atoms with van der Waals surface area (Å²) in [4.78, 5) is 2.50. The summed E-state index contributed by atoms with van der Waals surface area (Å²) in [5.41, 5.74) is 0. The molecule has 0 amide bonds. The van der Waals surface area contributed by atoms with Crippen molar-refractivity contribution in [3.63, 3.8) is 0 Å². The third-order valence-corrected chi connectivity index (χ3v) is 5.95. The first-order valence-electron chi connectivity index (χ1n) is 11.5. The summed E-state index contributed by atoms with van der Waals surface area (Å²) < 4.78 is 0. The summed E-state index contributed by atoms with van der Waals surface area (Å²) in [6.07, 6.45) is 26.6. The van der Waals surface area contributed by atoms with Gasteiger partial charge in [-0.15, -0.1) is 0 Å². The summed E-state index contributed by atoms with van der Waals surface area (Å²) in [5.74, 6) is 1.02. The van der Waals surface area contributed by atoms with E-state index in [2.05, 4.69) is 18.9 Å². The van der Waals surface area contributed by atoms with Gasteiger partial charge >= 0.3 is 0 Å². The number of hydrogen-bond donors (Lipinski definition) is 0. The molecule has 1 rings (SSSR count). The van der Waals surface area contributed by atoms with Crippen LogP contribution in [0.1, 0.15) is 122 Å². The first-order chi connectivity index (χ1) is 11.8. The SMILES string of the molecule is CCCCCCCCCCCCCCCCCCC1CCN(C)C1. The minimum Gasteiger partial charge on any atom is -0.306 e. The molecule has 1 nitrogen and oxygen atoms in total. The maximum Gasteiger partial charge on any atom is 0.000708 e. The lowest BCUT2D eigenvalue weighted by Crippen LogP contribution is -2.13. The van der Waals surface area contributed by atoms with E-state index in [1.165, 1.54) is 129 Å². The number of hydrogen-bond acceptors (Lipinski definition) is 1. The minimum absolute atomic E-state index is 1.02. The fourth-order valence-electron chi connectivity index (χ4n) is 4.24. The van der Waals surface area contributed by atoms with Crippen LogP contribution in [0, 0.1) is 5.92 Å². The summed E-state index contributed by atoms with van der Waals surface area (Å²) in [7, 11) is 2.27. The van der Waals surface area contributed by atoms with Crippen LogP contribution in [0.4, 0.5) is 0 Å². The molecule has 0 aromatic carbocycles. The van der Waals surface area contributed by atoms with Crippen LogP contribution in [0.3, 0.4) is 0 Å². The van der Waals surface area contributed by atoms with Crippen LogP contribution in [0.25, 0.3) is 0 Å². The average Bonchev–Trinajstić information content (AvgIpc) is 3.00. The van der Waals surface area contributed by atoms with Crippen molar-refractivity contribution in [2.45, 2.75) is 122 Å². The maximum atomic E-state index is 2.50. The monoisotopic (exact) mass is 337 g/mol. The summed E-state index contributed by atoms with van der Waals surface area (Å²) >= 11 is 0. The molecule has 1 unspecified atom stereocenters. The topological polar surface area (TPSA) is 3.24 Å². The van der Waals surface area contributed by atoms with Gasteiger partial charge in [0.25, 0.3) is 0 Å². The lowest BCUT2D eigenvalue weighted by atomic mass is 9.99. The van der Waals surface area contributed by atoms with Crippen LogP contribution in [-0.4, -0.2) is 25.0 Å². The van der Waals surface area contributed by atoms with Crippen molar-refractivity contribution in [1.29, 1.82) is 0 Å². The third-order valence-electron chi connectivity index (χ3n) is 5.95. The quantitative estimate of drug-likeness (QED) is 0.247. The van der Waals surface area contributed by atoms with E-state index in [0.717, 1.165) is 5.92 Å². The molecule has 144 valence electrons. The van der Waals surface area contributed by atoms with Crippen molar-refractivity contribution in [2.75, 3.05) is 20.1 Å². The standard InChI is InChI=1S/C23H47N/c1-3-4-5-6-7-8-9-10-11-12-13-14-15-16-17-18-19-23-20-21-24(2)22-23/h23H,3-22H2,1-2H3. The van der Waals surface area contributed by atoms with Crippen LogP contribution < -0.4 is 0 Å². The second-order valence-electron chi connectivity index (χ2n) is 8.51. The van der Waals surface area contributed by atoms with Gasteiger partial charge in [-0.1, -0.05) is 110 Å². The molecule has 0 aromatic rings. The largest absolute Gasteiger partial charge is 0.306 e. The van der Waals surface area contributed by atoms with Gasteiger partial charge in [-0.25, -0.2) is 0 Å². The molecule has 1 heteroatoms. The van der Waals surface area contributed by atoms with Crippen molar-refractivity contribution in [2.24, 2.45) is 5.92 Å². The Hall–Kier alpha value is -0.0400. The number of nitrogens with zero attached hydrogens (tertiary/aromatic N) is 1. The Kier molecular flexibility index (Phi) is 15.1.